The zero-order chi connectivity index (χ0) is 14.7. The van der Waals surface area contributed by atoms with Crippen molar-refractivity contribution in [3.05, 3.63) is 59.4 Å². The smallest absolute Gasteiger partial charge is 0.0873 e. The molecule has 110 valence electrons. The summed E-state index contributed by atoms with van der Waals surface area (Å²) in [7, 11) is 0. The SMILES string of the molecule is CCSc1ccc(C(O)C2CCCc3cccnc32)cc1. The van der Waals surface area contributed by atoms with Crippen LogP contribution in [0.15, 0.2) is 47.5 Å². The van der Waals surface area contributed by atoms with E-state index in [1.165, 1.54) is 10.5 Å². The van der Waals surface area contributed by atoms with Crippen molar-refractivity contribution in [1.82, 2.24) is 4.98 Å². The zero-order valence-electron chi connectivity index (χ0n) is 12.3. The molecule has 0 amide bonds. The number of hydrogen-bond acceptors (Lipinski definition) is 3. The first kappa shape index (κ1) is 14.6. The van der Waals surface area contributed by atoms with Crippen molar-refractivity contribution in [3.8, 4) is 0 Å². The second kappa shape index (κ2) is 6.63. The topological polar surface area (TPSA) is 33.1 Å². The van der Waals surface area contributed by atoms with Gasteiger partial charge in [-0.3, -0.25) is 4.98 Å². The summed E-state index contributed by atoms with van der Waals surface area (Å²) < 4.78 is 0. The van der Waals surface area contributed by atoms with Gasteiger partial charge in [0.1, 0.15) is 0 Å². The summed E-state index contributed by atoms with van der Waals surface area (Å²) >= 11 is 1.83. The molecule has 3 heteroatoms. The molecule has 0 saturated heterocycles. The fourth-order valence-corrected chi connectivity index (χ4v) is 3.77. The molecule has 1 N–H and O–H groups in total. The van der Waals surface area contributed by atoms with E-state index in [1.807, 2.05) is 24.0 Å². The van der Waals surface area contributed by atoms with Crippen LogP contribution in [0.2, 0.25) is 0 Å². The number of fused-ring (bicyclic) bond motifs is 1. The summed E-state index contributed by atoms with van der Waals surface area (Å²) in [5, 5.41) is 10.8. The fraction of sp³-hybridized carbons (Fsp3) is 0.389. The summed E-state index contributed by atoms with van der Waals surface area (Å²) in [6.45, 7) is 2.15. The average molecular weight is 299 g/mol. The number of aliphatic hydroxyl groups excluding tert-OH is 1. The molecule has 0 saturated carbocycles. The fourth-order valence-electron chi connectivity index (χ4n) is 3.11. The number of hydrogen-bond donors (Lipinski definition) is 1. The Morgan fingerprint density at radius 2 is 2.10 bits per heavy atom. The predicted molar refractivity (Wildman–Crippen MR) is 87.7 cm³/mol. The third kappa shape index (κ3) is 3.14. The summed E-state index contributed by atoms with van der Waals surface area (Å²) in [6, 6.07) is 12.5. The minimum absolute atomic E-state index is 0.125. The zero-order valence-corrected chi connectivity index (χ0v) is 13.1. The van der Waals surface area contributed by atoms with Crippen LogP contribution in [-0.4, -0.2) is 15.8 Å². The van der Waals surface area contributed by atoms with Crippen molar-refractivity contribution in [1.29, 1.82) is 0 Å². The van der Waals surface area contributed by atoms with E-state index < -0.39 is 6.10 Å². The van der Waals surface area contributed by atoms with Crippen LogP contribution in [-0.2, 0) is 6.42 Å². The number of benzene rings is 1. The highest BCUT2D eigenvalue weighted by atomic mass is 32.2. The molecule has 2 nitrogen and oxygen atoms in total. The van der Waals surface area contributed by atoms with Gasteiger partial charge in [-0.25, -0.2) is 0 Å². The quantitative estimate of drug-likeness (QED) is 0.852. The van der Waals surface area contributed by atoms with Crippen LogP contribution in [0.25, 0.3) is 0 Å². The molecular weight excluding hydrogens is 278 g/mol. The Bertz CT molecular complexity index is 596. The van der Waals surface area contributed by atoms with Gasteiger partial charge in [-0.2, -0.15) is 0 Å². The molecule has 2 unspecified atom stereocenters. The van der Waals surface area contributed by atoms with E-state index in [0.717, 1.165) is 36.3 Å². The predicted octanol–water partition coefficient (Wildman–Crippen LogP) is 4.35. The molecule has 0 spiro atoms. The second-order valence-electron chi connectivity index (χ2n) is 5.49. The molecule has 0 bridgehead atoms. The Morgan fingerprint density at radius 1 is 1.29 bits per heavy atom. The van der Waals surface area contributed by atoms with Crippen LogP contribution < -0.4 is 0 Å². The minimum Gasteiger partial charge on any atom is -0.388 e. The maximum absolute atomic E-state index is 10.8. The van der Waals surface area contributed by atoms with Crippen LogP contribution >= 0.6 is 11.8 Å². The van der Waals surface area contributed by atoms with Gasteiger partial charge < -0.3 is 5.11 Å². The molecule has 1 aliphatic rings. The Morgan fingerprint density at radius 3 is 2.86 bits per heavy atom. The number of thioether (sulfide) groups is 1. The van der Waals surface area contributed by atoms with E-state index in [9.17, 15) is 5.11 Å². The highest BCUT2D eigenvalue weighted by molar-refractivity contribution is 7.99. The number of aryl methyl sites for hydroxylation is 1. The lowest BCUT2D eigenvalue weighted by Gasteiger charge is -2.28. The number of nitrogens with zero attached hydrogens (tertiary/aromatic N) is 1. The Labute approximate surface area is 130 Å². The molecule has 21 heavy (non-hydrogen) atoms. The summed E-state index contributed by atoms with van der Waals surface area (Å²) in [4.78, 5) is 5.79. The van der Waals surface area contributed by atoms with Crippen LogP contribution in [0.5, 0.6) is 0 Å². The average Bonchev–Trinajstić information content (AvgIpc) is 2.55. The molecule has 2 aromatic rings. The van der Waals surface area contributed by atoms with E-state index >= 15 is 0 Å². The first-order chi connectivity index (χ1) is 10.3. The third-order valence-electron chi connectivity index (χ3n) is 4.15. The standard InChI is InChI=1S/C18H21NOS/c1-2-21-15-10-8-14(9-11-15)18(20)16-7-3-5-13-6-4-12-19-17(13)16/h4,6,8-12,16,18,20H,2-3,5,7H2,1H3. The molecule has 1 aromatic carbocycles. The molecule has 1 aliphatic carbocycles. The normalized spacial score (nSPS) is 19.0. The molecule has 0 fully saturated rings. The lowest BCUT2D eigenvalue weighted by Crippen LogP contribution is -2.18. The molecule has 0 aliphatic heterocycles. The summed E-state index contributed by atoms with van der Waals surface area (Å²) in [5.74, 6) is 1.20. The number of rotatable bonds is 4. The van der Waals surface area contributed by atoms with Gasteiger partial charge in [0.25, 0.3) is 0 Å². The van der Waals surface area contributed by atoms with E-state index in [-0.39, 0.29) is 5.92 Å². The van der Waals surface area contributed by atoms with Crippen LogP contribution in [0.1, 0.15) is 48.6 Å². The van der Waals surface area contributed by atoms with Crippen molar-refractivity contribution in [2.75, 3.05) is 5.75 Å². The maximum Gasteiger partial charge on any atom is 0.0873 e. The van der Waals surface area contributed by atoms with Gasteiger partial charge >= 0.3 is 0 Å². The molecule has 3 rings (SSSR count). The van der Waals surface area contributed by atoms with Gasteiger partial charge in [0.05, 0.1) is 6.10 Å². The van der Waals surface area contributed by atoms with E-state index in [2.05, 4.69) is 42.2 Å². The second-order valence-corrected chi connectivity index (χ2v) is 6.83. The number of aromatic nitrogens is 1. The summed E-state index contributed by atoms with van der Waals surface area (Å²) in [5.41, 5.74) is 3.38. The molecular formula is C18H21NOS. The largest absolute Gasteiger partial charge is 0.388 e. The van der Waals surface area contributed by atoms with E-state index in [0.29, 0.717) is 0 Å². The van der Waals surface area contributed by atoms with Crippen molar-refractivity contribution in [2.24, 2.45) is 0 Å². The van der Waals surface area contributed by atoms with E-state index in [4.69, 9.17) is 0 Å². The maximum atomic E-state index is 10.8. The van der Waals surface area contributed by atoms with Gasteiger partial charge in [0.2, 0.25) is 0 Å². The number of aliphatic hydroxyl groups is 1. The number of pyridine rings is 1. The van der Waals surface area contributed by atoms with Crippen molar-refractivity contribution < 1.29 is 5.11 Å². The van der Waals surface area contributed by atoms with Crippen LogP contribution in [0, 0.1) is 0 Å². The monoisotopic (exact) mass is 299 g/mol. The minimum atomic E-state index is -0.459. The highest BCUT2D eigenvalue weighted by Crippen LogP contribution is 2.39. The highest BCUT2D eigenvalue weighted by Gasteiger charge is 2.28. The molecule has 1 heterocycles. The van der Waals surface area contributed by atoms with Crippen molar-refractivity contribution in [2.45, 2.75) is 43.1 Å². The Balaban J connectivity index is 1.84. The first-order valence-electron chi connectivity index (χ1n) is 7.64. The van der Waals surface area contributed by atoms with Crippen molar-refractivity contribution in [3.63, 3.8) is 0 Å². The van der Waals surface area contributed by atoms with Gasteiger partial charge in [0.15, 0.2) is 0 Å². The third-order valence-corrected chi connectivity index (χ3v) is 5.05. The van der Waals surface area contributed by atoms with Gasteiger partial charge in [0, 0.05) is 22.7 Å². The van der Waals surface area contributed by atoms with Crippen LogP contribution in [0.4, 0.5) is 0 Å². The Hall–Kier alpha value is -1.32. The lowest BCUT2D eigenvalue weighted by molar-refractivity contribution is 0.134. The summed E-state index contributed by atoms with van der Waals surface area (Å²) in [6.07, 6.45) is 4.60. The first-order valence-corrected chi connectivity index (χ1v) is 8.62. The molecule has 0 radical (unpaired) electrons. The van der Waals surface area contributed by atoms with Gasteiger partial charge in [-0.1, -0.05) is 25.1 Å². The van der Waals surface area contributed by atoms with Crippen molar-refractivity contribution >= 4 is 11.8 Å². The van der Waals surface area contributed by atoms with Gasteiger partial charge in [-0.05, 0) is 54.3 Å². The lowest BCUT2D eigenvalue weighted by atomic mass is 9.81. The van der Waals surface area contributed by atoms with E-state index in [1.54, 1.807) is 0 Å². The molecule has 2 atom stereocenters. The molecule has 1 aromatic heterocycles. The van der Waals surface area contributed by atoms with Gasteiger partial charge in [-0.15, -0.1) is 11.8 Å². The Kier molecular flexibility index (Phi) is 4.61. The van der Waals surface area contributed by atoms with Crippen LogP contribution in [0.3, 0.4) is 0 Å².